The van der Waals surface area contributed by atoms with Crippen LogP contribution >= 0.6 is 0 Å². The second kappa shape index (κ2) is 4.52. The molecule has 2 rings (SSSR count). The summed E-state index contributed by atoms with van der Waals surface area (Å²) in [4.78, 5) is 21.7. The van der Waals surface area contributed by atoms with Crippen LogP contribution < -0.4 is 5.73 Å². The summed E-state index contributed by atoms with van der Waals surface area (Å²) < 4.78 is 0. The van der Waals surface area contributed by atoms with Gasteiger partial charge in [0.05, 0.1) is 4.92 Å². The van der Waals surface area contributed by atoms with Gasteiger partial charge in [0, 0.05) is 18.8 Å². The van der Waals surface area contributed by atoms with Crippen molar-refractivity contribution in [1.29, 1.82) is 0 Å². The van der Waals surface area contributed by atoms with Crippen molar-refractivity contribution >= 4 is 11.5 Å². The molecular weight excluding hydrogens is 222 g/mol. The molecule has 0 saturated carbocycles. The molecule has 86 valence electrons. The van der Waals surface area contributed by atoms with Gasteiger partial charge in [0.2, 0.25) is 5.82 Å². The maximum atomic E-state index is 10.9. The lowest BCUT2D eigenvalue weighted by Gasteiger charge is -2.03. The Hall–Kier alpha value is -2.57. The first-order chi connectivity index (χ1) is 8.18. The van der Waals surface area contributed by atoms with Gasteiger partial charge in [0.1, 0.15) is 12.0 Å². The van der Waals surface area contributed by atoms with Gasteiger partial charge in [0.25, 0.3) is 0 Å². The minimum Gasteiger partial charge on any atom is -0.378 e. The predicted octanol–water partition coefficient (Wildman–Crippen LogP) is 0.953. The highest BCUT2D eigenvalue weighted by molar-refractivity contribution is 5.55. The Morgan fingerprint density at radius 1 is 1.41 bits per heavy atom. The van der Waals surface area contributed by atoms with Gasteiger partial charge in [0.15, 0.2) is 0 Å². The monoisotopic (exact) mass is 231 g/mol. The molecule has 0 saturated heterocycles. The Labute approximate surface area is 96.5 Å². The third kappa shape index (κ3) is 2.33. The highest BCUT2D eigenvalue weighted by atomic mass is 16.6. The fourth-order valence-electron chi connectivity index (χ4n) is 1.46. The lowest BCUT2D eigenvalue weighted by atomic mass is 10.1. The third-order valence-corrected chi connectivity index (χ3v) is 2.20. The van der Waals surface area contributed by atoms with E-state index in [-0.39, 0.29) is 17.2 Å². The first-order valence-electron chi connectivity index (χ1n) is 4.81. The summed E-state index contributed by atoms with van der Waals surface area (Å²) in [6.07, 6.45) is 4.78. The van der Waals surface area contributed by atoms with Crippen molar-refractivity contribution in [2.75, 3.05) is 5.73 Å². The molecule has 0 aliphatic carbocycles. The molecule has 0 aliphatic rings. The zero-order valence-corrected chi connectivity index (χ0v) is 8.78. The SMILES string of the molecule is Nc1ncnc(Cc2cccnc2)c1[N+](=O)[O-]. The number of nitro groups is 1. The van der Waals surface area contributed by atoms with Crippen LogP contribution in [0.15, 0.2) is 30.9 Å². The molecule has 0 fully saturated rings. The minimum absolute atomic E-state index is 0.121. The Bertz CT molecular complexity index is 544. The molecule has 2 aromatic rings. The molecule has 0 bridgehead atoms. The zero-order valence-electron chi connectivity index (χ0n) is 8.78. The molecule has 0 amide bonds. The number of anilines is 1. The summed E-state index contributed by atoms with van der Waals surface area (Å²) in [5.41, 5.74) is 6.34. The average Bonchev–Trinajstić information content (AvgIpc) is 2.30. The van der Waals surface area contributed by atoms with E-state index in [0.717, 1.165) is 5.56 Å². The molecule has 2 heterocycles. The lowest BCUT2D eigenvalue weighted by molar-refractivity contribution is -0.385. The molecule has 17 heavy (non-hydrogen) atoms. The number of pyridine rings is 1. The summed E-state index contributed by atoms with van der Waals surface area (Å²) in [6, 6.07) is 3.57. The molecule has 0 aliphatic heterocycles. The van der Waals surface area contributed by atoms with Crippen LogP contribution in [0, 0.1) is 10.1 Å². The topological polar surface area (TPSA) is 108 Å². The van der Waals surface area contributed by atoms with Crippen LogP contribution in [0.1, 0.15) is 11.3 Å². The zero-order chi connectivity index (χ0) is 12.3. The van der Waals surface area contributed by atoms with E-state index in [9.17, 15) is 10.1 Å². The first-order valence-corrected chi connectivity index (χ1v) is 4.81. The van der Waals surface area contributed by atoms with Gasteiger partial charge in [-0.3, -0.25) is 15.1 Å². The van der Waals surface area contributed by atoms with Crippen LogP contribution in [0.5, 0.6) is 0 Å². The van der Waals surface area contributed by atoms with Crippen LogP contribution in [0.4, 0.5) is 11.5 Å². The second-order valence-electron chi connectivity index (χ2n) is 3.35. The molecule has 2 N–H and O–H groups in total. The average molecular weight is 231 g/mol. The molecule has 0 spiro atoms. The second-order valence-corrected chi connectivity index (χ2v) is 3.35. The van der Waals surface area contributed by atoms with Crippen LogP contribution in [0.3, 0.4) is 0 Å². The van der Waals surface area contributed by atoms with Crippen molar-refractivity contribution in [2.24, 2.45) is 0 Å². The predicted molar refractivity (Wildman–Crippen MR) is 60.1 cm³/mol. The Kier molecular flexibility index (Phi) is 2.91. The van der Waals surface area contributed by atoms with E-state index in [4.69, 9.17) is 5.73 Å². The van der Waals surface area contributed by atoms with Gasteiger partial charge in [-0.2, -0.15) is 0 Å². The van der Waals surface area contributed by atoms with Gasteiger partial charge < -0.3 is 5.73 Å². The van der Waals surface area contributed by atoms with Crippen LogP contribution in [-0.2, 0) is 6.42 Å². The van der Waals surface area contributed by atoms with E-state index < -0.39 is 4.92 Å². The normalized spacial score (nSPS) is 10.1. The molecule has 7 nitrogen and oxygen atoms in total. The highest BCUT2D eigenvalue weighted by Gasteiger charge is 2.20. The number of nitrogens with two attached hydrogens (primary N) is 1. The molecule has 0 aromatic carbocycles. The number of hydrogen-bond donors (Lipinski definition) is 1. The minimum atomic E-state index is -0.568. The standard InChI is InChI=1S/C10H9N5O2/c11-10-9(15(16)17)8(13-6-14-10)4-7-2-1-3-12-5-7/h1-3,5-6H,4H2,(H2,11,13,14). The van der Waals surface area contributed by atoms with Crippen molar-refractivity contribution in [3.05, 3.63) is 52.2 Å². The van der Waals surface area contributed by atoms with Crippen molar-refractivity contribution in [3.63, 3.8) is 0 Å². The lowest BCUT2D eigenvalue weighted by Crippen LogP contribution is -2.05. The van der Waals surface area contributed by atoms with E-state index in [1.165, 1.54) is 6.33 Å². The van der Waals surface area contributed by atoms with Crippen molar-refractivity contribution in [3.8, 4) is 0 Å². The highest BCUT2D eigenvalue weighted by Crippen LogP contribution is 2.23. The van der Waals surface area contributed by atoms with E-state index >= 15 is 0 Å². The van der Waals surface area contributed by atoms with Crippen molar-refractivity contribution in [1.82, 2.24) is 15.0 Å². The van der Waals surface area contributed by atoms with Gasteiger partial charge in [-0.15, -0.1) is 0 Å². The molecular formula is C10H9N5O2. The fourth-order valence-corrected chi connectivity index (χ4v) is 1.46. The Balaban J connectivity index is 2.40. The quantitative estimate of drug-likeness (QED) is 0.622. The number of nitrogen functional groups attached to an aromatic ring is 1. The van der Waals surface area contributed by atoms with Gasteiger partial charge >= 0.3 is 5.69 Å². The van der Waals surface area contributed by atoms with E-state index in [1.807, 2.05) is 6.07 Å². The molecule has 0 radical (unpaired) electrons. The smallest absolute Gasteiger partial charge is 0.332 e. The maximum absolute atomic E-state index is 10.9. The van der Waals surface area contributed by atoms with Gasteiger partial charge in [-0.25, -0.2) is 9.97 Å². The molecule has 7 heteroatoms. The molecule has 0 atom stereocenters. The largest absolute Gasteiger partial charge is 0.378 e. The Morgan fingerprint density at radius 3 is 2.88 bits per heavy atom. The third-order valence-electron chi connectivity index (χ3n) is 2.20. The summed E-state index contributed by atoms with van der Waals surface area (Å²) in [5, 5.41) is 10.9. The van der Waals surface area contributed by atoms with Gasteiger partial charge in [-0.1, -0.05) is 6.07 Å². The van der Waals surface area contributed by atoms with Crippen molar-refractivity contribution < 1.29 is 4.92 Å². The van der Waals surface area contributed by atoms with Crippen LogP contribution in [0.25, 0.3) is 0 Å². The number of rotatable bonds is 3. The van der Waals surface area contributed by atoms with Gasteiger partial charge in [-0.05, 0) is 11.6 Å². The first kappa shape index (κ1) is 10.9. The fraction of sp³-hybridized carbons (Fsp3) is 0.100. The summed E-state index contributed by atoms with van der Waals surface area (Å²) in [7, 11) is 0. The van der Waals surface area contributed by atoms with E-state index in [1.54, 1.807) is 18.5 Å². The number of hydrogen-bond acceptors (Lipinski definition) is 6. The maximum Gasteiger partial charge on any atom is 0.332 e. The van der Waals surface area contributed by atoms with E-state index in [0.29, 0.717) is 6.42 Å². The van der Waals surface area contributed by atoms with Crippen LogP contribution in [0.2, 0.25) is 0 Å². The van der Waals surface area contributed by atoms with Crippen molar-refractivity contribution in [2.45, 2.75) is 6.42 Å². The summed E-state index contributed by atoms with van der Waals surface area (Å²) >= 11 is 0. The van der Waals surface area contributed by atoms with E-state index in [2.05, 4.69) is 15.0 Å². The van der Waals surface area contributed by atoms with Crippen LogP contribution in [-0.4, -0.2) is 19.9 Å². The summed E-state index contributed by atoms with van der Waals surface area (Å²) in [5.74, 6) is -0.121. The number of aromatic nitrogens is 3. The number of nitrogens with zero attached hydrogens (tertiary/aromatic N) is 4. The molecule has 2 aromatic heterocycles. The molecule has 0 unspecified atom stereocenters. The summed E-state index contributed by atoms with van der Waals surface area (Å²) in [6.45, 7) is 0. The Morgan fingerprint density at radius 2 is 2.24 bits per heavy atom.